The van der Waals surface area contributed by atoms with Gasteiger partial charge < -0.3 is 24.7 Å². The molecule has 7 nitrogen and oxygen atoms in total. The fourth-order valence-electron chi connectivity index (χ4n) is 2.64. The van der Waals surface area contributed by atoms with Gasteiger partial charge in [-0.25, -0.2) is 4.79 Å². The number of nitrogens with two attached hydrogens (primary N) is 1. The van der Waals surface area contributed by atoms with Crippen molar-refractivity contribution in [3.63, 3.8) is 0 Å². The van der Waals surface area contributed by atoms with Crippen LogP contribution in [-0.4, -0.2) is 60.5 Å². The van der Waals surface area contributed by atoms with Crippen LogP contribution in [0.15, 0.2) is 0 Å². The highest BCUT2D eigenvalue weighted by molar-refractivity contribution is 5.70. The Kier molecular flexibility index (Phi) is 6.82. The molecule has 1 heterocycles. The number of hydrogen-bond donors (Lipinski definition) is 1. The molecule has 136 valence electrons. The highest BCUT2D eigenvalue weighted by atomic mass is 16.7. The molecule has 0 radical (unpaired) electrons. The number of hydrogen-bond acceptors (Lipinski definition) is 6. The van der Waals surface area contributed by atoms with E-state index in [1.165, 1.54) is 0 Å². The van der Waals surface area contributed by atoms with Gasteiger partial charge >= 0.3 is 6.09 Å². The van der Waals surface area contributed by atoms with Gasteiger partial charge in [0.05, 0.1) is 18.8 Å². The van der Waals surface area contributed by atoms with Crippen LogP contribution in [0.5, 0.6) is 0 Å². The van der Waals surface area contributed by atoms with E-state index >= 15 is 0 Å². The summed E-state index contributed by atoms with van der Waals surface area (Å²) in [5, 5.41) is 0. The lowest BCUT2D eigenvalue weighted by Gasteiger charge is -2.35. The van der Waals surface area contributed by atoms with Crippen LogP contribution in [0.1, 0.15) is 48.5 Å². The molecule has 1 fully saturated rings. The van der Waals surface area contributed by atoms with Gasteiger partial charge in [0.2, 0.25) is 0 Å². The highest BCUT2D eigenvalue weighted by Gasteiger charge is 2.50. The summed E-state index contributed by atoms with van der Waals surface area (Å²) in [6.07, 6.45) is -1.11. The first kappa shape index (κ1) is 20.2. The number of nitrogens with zero attached hydrogens (tertiary/aromatic N) is 1. The van der Waals surface area contributed by atoms with E-state index in [0.717, 1.165) is 0 Å². The maximum Gasteiger partial charge on any atom is 0.412 e. The van der Waals surface area contributed by atoms with Gasteiger partial charge in [-0.15, -0.1) is 0 Å². The molecule has 0 aromatic carbocycles. The molecule has 1 amide bonds. The Morgan fingerprint density at radius 2 is 1.96 bits per heavy atom. The number of rotatable bonds is 6. The minimum atomic E-state index is -0.810. The molecule has 3 atom stereocenters. The average molecular weight is 332 g/mol. The van der Waals surface area contributed by atoms with Gasteiger partial charge in [-0.05, 0) is 48.5 Å². The molecule has 0 bridgehead atoms. The third-order valence-corrected chi connectivity index (χ3v) is 3.51. The summed E-state index contributed by atoms with van der Waals surface area (Å²) in [5.41, 5.74) is 4.41. The molecule has 0 aromatic heterocycles. The monoisotopic (exact) mass is 332 g/mol. The highest BCUT2D eigenvalue weighted by Crippen LogP contribution is 2.33. The summed E-state index contributed by atoms with van der Waals surface area (Å²) in [4.78, 5) is 14.2. The van der Waals surface area contributed by atoms with Crippen molar-refractivity contribution in [2.24, 2.45) is 5.73 Å². The Balaban J connectivity index is 2.88. The van der Waals surface area contributed by atoms with Gasteiger partial charge in [-0.3, -0.25) is 4.90 Å². The summed E-state index contributed by atoms with van der Waals surface area (Å²) in [5.74, 6) is 0. The van der Waals surface area contributed by atoms with Crippen molar-refractivity contribution >= 4 is 6.09 Å². The summed E-state index contributed by atoms with van der Waals surface area (Å²) in [6.45, 7) is 14.0. The predicted molar refractivity (Wildman–Crippen MR) is 86.9 cm³/mol. The van der Waals surface area contributed by atoms with Crippen molar-refractivity contribution in [2.45, 2.75) is 78.2 Å². The molecule has 23 heavy (non-hydrogen) atoms. The van der Waals surface area contributed by atoms with Crippen LogP contribution in [-0.2, 0) is 18.9 Å². The molecule has 2 N–H and O–H groups in total. The molecule has 1 aliphatic rings. The van der Waals surface area contributed by atoms with Gasteiger partial charge in [-0.2, -0.15) is 0 Å². The minimum Gasteiger partial charge on any atom is -0.444 e. The van der Waals surface area contributed by atoms with Crippen LogP contribution in [0.4, 0.5) is 4.79 Å². The van der Waals surface area contributed by atoms with Gasteiger partial charge in [-0.1, -0.05) is 0 Å². The Morgan fingerprint density at radius 1 is 1.35 bits per heavy atom. The molecular weight excluding hydrogens is 300 g/mol. The van der Waals surface area contributed by atoms with E-state index < -0.39 is 17.4 Å². The van der Waals surface area contributed by atoms with E-state index in [1.807, 2.05) is 48.5 Å². The van der Waals surface area contributed by atoms with E-state index in [-0.39, 0.29) is 25.0 Å². The standard InChI is InChI=1S/C16H32N2O5/c1-8-20-11(2)21-10-12-13(9-17)22-16(6,7)18(12)14(19)23-15(3,4)5/h11-13H,8-10,17H2,1-7H3/t11?,12-,13-/m1/s1. The Hall–Kier alpha value is -0.890. The predicted octanol–water partition coefficient (Wildman–Crippen LogP) is 2.08. The quantitative estimate of drug-likeness (QED) is 0.750. The van der Waals surface area contributed by atoms with Gasteiger partial charge in [0.25, 0.3) is 0 Å². The van der Waals surface area contributed by atoms with Crippen LogP contribution in [0, 0.1) is 0 Å². The van der Waals surface area contributed by atoms with Gasteiger partial charge in [0.15, 0.2) is 6.29 Å². The number of amides is 1. The van der Waals surface area contributed by atoms with Crippen molar-refractivity contribution in [2.75, 3.05) is 19.8 Å². The van der Waals surface area contributed by atoms with E-state index in [4.69, 9.17) is 24.7 Å². The summed E-state index contributed by atoms with van der Waals surface area (Å²) < 4.78 is 22.5. The number of carbonyl (C=O) groups excluding carboxylic acids is 1. The normalized spacial score (nSPS) is 25.5. The zero-order chi connectivity index (χ0) is 17.8. The second kappa shape index (κ2) is 7.79. The lowest BCUT2D eigenvalue weighted by molar-refractivity contribution is -0.138. The fraction of sp³-hybridized carbons (Fsp3) is 0.938. The fourth-order valence-corrected chi connectivity index (χ4v) is 2.64. The Labute approximate surface area is 139 Å². The van der Waals surface area contributed by atoms with E-state index in [2.05, 4.69) is 0 Å². The van der Waals surface area contributed by atoms with Crippen molar-refractivity contribution in [3.05, 3.63) is 0 Å². The summed E-state index contributed by atoms with van der Waals surface area (Å²) >= 11 is 0. The maximum atomic E-state index is 12.6. The molecule has 7 heteroatoms. The zero-order valence-corrected chi connectivity index (χ0v) is 15.4. The lowest BCUT2D eigenvalue weighted by atomic mass is 10.1. The third-order valence-electron chi connectivity index (χ3n) is 3.51. The number of ether oxygens (including phenoxy) is 4. The summed E-state index contributed by atoms with van der Waals surface area (Å²) in [7, 11) is 0. The average Bonchev–Trinajstić information content (AvgIpc) is 2.65. The topological polar surface area (TPSA) is 83.3 Å². The molecule has 1 aliphatic heterocycles. The van der Waals surface area contributed by atoms with Crippen LogP contribution >= 0.6 is 0 Å². The SMILES string of the molecule is CCOC(C)OC[C@@H]1[C@@H](CN)OC(C)(C)N1C(=O)OC(C)(C)C. The Morgan fingerprint density at radius 3 is 2.43 bits per heavy atom. The van der Waals surface area contributed by atoms with E-state index in [0.29, 0.717) is 13.2 Å². The second-order valence-corrected chi connectivity index (χ2v) is 7.11. The molecule has 1 unspecified atom stereocenters. The van der Waals surface area contributed by atoms with Crippen molar-refractivity contribution in [3.8, 4) is 0 Å². The van der Waals surface area contributed by atoms with Crippen molar-refractivity contribution in [1.29, 1.82) is 0 Å². The first-order valence-electron chi connectivity index (χ1n) is 8.15. The molecule has 0 spiro atoms. The zero-order valence-electron chi connectivity index (χ0n) is 15.4. The first-order chi connectivity index (χ1) is 10.5. The minimum absolute atomic E-state index is 0.270. The molecule has 1 rings (SSSR count). The second-order valence-electron chi connectivity index (χ2n) is 7.11. The van der Waals surface area contributed by atoms with Gasteiger partial charge in [0, 0.05) is 13.2 Å². The third kappa shape index (κ3) is 5.60. The largest absolute Gasteiger partial charge is 0.444 e. The van der Waals surface area contributed by atoms with E-state index in [9.17, 15) is 4.79 Å². The van der Waals surface area contributed by atoms with Crippen LogP contribution in [0.2, 0.25) is 0 Å². The molecule has 0 aliphatic carbocycles. The lowest BCUT2D eigenvalue weighted by Crippen LogP contribution is -2.52. The molecule has 1 saturated heterocycles. The van der Waals surface area contributed by atoms with Crippen LogP contribution in [0.25, 0.3) is 0 Å². The Bertz CT molecular complexity index is 394. The summed E-state index contributed by atoms with van der Waals surface area (Å²) in [6, 6.07) is -0.326. The van der Waals surface area contributed by atoms with Crippen molar-refractivity contribution in [1.82, 2.24) is 4.90 Å². The van der Waals surface area contributed by atoms with Gasteiger partial charge in [0.1, 0.15) is 11.3 Å². The van der Waals surface area contributed by atoms with Crippen LogP contribution < -0.4 is 5.73 Å². The van der Waals surface area contributed by atoms with Crippen LogP contribution in [0.3, 0.4) is 0 Å². The molecule has 0 saturated carbocycles. The van der Waals surface area contributed by atoms with E-state index in [1.54, 1.807) is 4.90 Å². The smallest absolute Gasteiger partial charge is 0.412 e. The molecule has 0 aromatic rings. The maximum absolute atomic E-state index is 12.6. The first-order valence-corrected chi connectivity index (χ1v) is 8.15. The molecular formula is C16H32N2O5. The number of carbonyl (C=O) groups is 1. The van der Waals surface area contributed by atoms with Crippen molar-refractivity contribution < 1.29 is 23.7 Å².